The van der Waals surface area contributed by atoms with Crippen LogP contribution in [0.4, 0.5) is 0 Å². The zero-order valence-corrected chi connectivity index (χ0v) is 19.0. The molecule has 3 aromatic carbocycles. The highest BCUT2D eigenvalue weighted by Crippen LogP contribution is 2.29. The lowest BCUT2D eigenvalue weighted by atomic mass is 10.1. The van der Waals surface area contributed by atoms with Crippen LogP contribution in [0.3, 0.4) is 0 Å². The monoisotopic (exact) mass is 469 g/mol. The van der Waals surface area contributed by atoms with Gasteiger partial charge in [0.2, 0.25) is 0 Å². The molecule has 8 heteroatoms. The maximum Gasteiger partial charge on any atom is 0.339 e. The lowest BCUT2D eigenvalue weighted by Gasteiger charge is -2.24. The van der Waals surface area contributed by atoms with Gasteiger partial charge in [-0.25, -0.2) is 4.79 Å². The fourth-order valence-corrected chi connectivity index (χ4v) is 3.41. The summed E-state index contributed by atoms with van der Waals surface area (Å²) in [6.45, 7) is 0.287. The van der Waals surface area contributed by atoms with Gasteiger partial charge in [-0.1, -0.05) is 41.9 Å². The van der Waals surface area contributed by atoms with E-state index in [-0.39, 0.29) is 28.8 Å². The van der Waals surface area contributed by atoms with Crippen LogP contribution < -0.4 is 14.2 Å². The number of para-hydroxylation sites is 1. The molecular weight excluding hydrogens is 446 g/mol. The second-order valence-electron chi connectivity index (χ2n) is 7.16. The van der Waals surface area contributed by atoms with Crippen molar-refractivity contribution in [1.29, 1.82) is 0 Å². The minimum absolute atomic E-state index is 0.0335. The van der Waals surface area contributed by atoms with E-state index in [1.807, 2.05) is 48.5 Å². The van der Waals surface area contributed by atoms with E-state index in [2.05, 4.69) is 0 Å². The van der Waals surface area contributed by atoms with Gasteiger partial charge in [-0.15, -0.1) is 0 Å². The Morgan fingerprint density at radius 2 is 1.36 bits per heavy atom. The fraction of sp³-hybridized carbons (Fsp3) is 0.200. The second kappa shape index (κ2) is 11.2. The number of benzene rings is 3. The molecule has 0 atom stereocenters. The van der Waals surface area contributed by atoms with Gasteiger partial charge in [0.05, 0.1) is 19.2 Å². The smallest absolute Gasteiger partial charge is 0.339 e. The van der Waals surface area contributed by atoms with Crippen LogP contribution in [0, 0.1) is 0 Å². The third kappa shape index (κ3) is 6.40. The number of nitrogens with zero attached hydrogens (tertiary/aromatic N) is 1. The van der Waals surface area contributed by atoms with Crippen LogP contribution in [0.15, 0.2) is 66.7 Å². The molecule has 33 heavy (non-hydrogen) atoms. The molecule has 0 aliphatic carbocycles. The number of aromatic carboxylic acids is 1. The molecule has 0 bridgehead atoms. The number of rotatable bonds is 10. The maximum atomic E-state index is 13.1. The van der Waals surface area contributed by atoms with Crippen LogP contribution in [0.25, 0.3) is 0 Å². The van der Waals surface area contributed by atoms with Gasteiger partial charge in [0, 0.05) is 13.1 Å². The van der Waals surface area contributed by atoms with Gasteiger partial charge < -0.3 is 24.2 Å². The van der Waals surface area contributed by atoms with Crippen LogP contribution in [-0.2, 0) is 17.9 Å². The third-order valence-corrected chi connectivity index (χ3v) is 5.25. The molecule has 1 N–H and O–H groups in total. The topological polar surface area (TPSA) is 85.3 Å². The van der Waals surface area contributed by atoms with Crippen molar-refractivity contribution >= 4 is 23.5 Å². The minimum atomic E-state index is -1.19. The molecule has 3 rings (SSSR count). The first-order valence-electron chi connectivity index (χ1n) is 10.1. The Balaban J connectivity index is 1.79. The Kier molecular flexibility index (Phi) is 8.16. The highest BCUT2D eigenvalue weighted by Gasteiger charge is 2.19. The van der Waals surface area contributed by atoms with Crippen molar-refractivity contribution in [2.24, 2.45) is 0 Å². The molecule has 172 valence electrons. The van der Waals surface area contributed by atoms with Crippen molar-refractivity contribution in [2.45, 2.75) is 13.1 Å². The van der Waals surface area contributed by atoms with Crippen molar-refractivity contribution in [3.8, 4) is 17.2 Å². The Morgan fingerprint density at radius 3 is 1.82 bits per heavy atom. The van der Waals surface area contributed by atoms with E-state index in [1.54, 1.807) is 19.1 Å². The lowest BCUT2D eigenvalue weighted by Crippen LogP contribution is -2.34. The number of carboxylic acids is 1. The first-order chi connectivity index (χ1) is 15.9. The normalized spacial score (nSPS) is 10.4. The van der Waals surface area contributed by atoms with Gasteiger partial charge in [-0.2, -0.15) is 0 Å². The first-order valence-corrected chi connectivity index (χ1v) is 10.5. The maximum absolute atomic E-state index is 13.1. The van der Waals surface area contributed by atoms with E-state index in [4.69, 9.17) is 25.8 Å². The molecule has 0 heterocycles. The Labute approximate surface area is 197 Å². The highest BCUT2D eigenvalue weighted by atomic mass is 35.5. The van der Waals surface area contributed by atoms with Crippen molar-refractivity contribution < 1.29 is 28.9 Å². The first kappa shape index (κ1) is 23.9. The van der Waals surface area contributed by atoms with Gasteiger partial charge in [0.25, 0.3) is 5.91 Å². The summed E-state index contributed by atoms with van der Waals surface area (Å²) in [5, 5.41) is 9.51. The SMILES string of the molecule is COc1ccc(CN(Cc2ccc(OC)cc2)C(=O)COc2c(Cl)cccc2C(=O)O)cc1. The van der Waals surface area contributed by atoms with Gasteiger partial charge in [0.1, 0.15) is 17.1 Å². The summed E-state index contributed by atoms with van der Waals surface area (Å²) < 4.78 is 16.0. The van der Waals surface area contributed by atoms with E-state index in [0.29, 0.717) is 13.1 Å². The number of carbonyl (C=O) groups excluding carboxylic acids is 1. The largest absolute Gasteiger partial charge is 0.497 e. The number of hydrogen-bond donors (Lipinski definition) is 1. The Hall–Kier alpha value is -3.71. The molecule has 0 unspecified atom stereocenters. The van der Waals surface area contributed by atoms with Crippen molar-refractivity contribution in [3.63, 3.8) is 0 Å². The minimum Gasteiger partial charge on any atom is -0.497 e. The summed E-state index contributed by atoms with van der Waals surface area (Å²) in [4.78, 5) is 26.2. The van der Waals surface area contributed by atoms with Crippen LogP contribution in [0.1, 0.15) is 21.5 Å². The number of amides is 1. The Bertz CT molecular complexity index is 1050. The average molecular weight is 470 g/mol. The zero-order chi connectivity index (χ0) is 23.8. The molecule has 0 fully saturated rings. The zero-order valence-electron chi connectivity index (χ0n) is 18.3. The predicted octanol–water partition coefficient (Wildman–Crippen LogP) is 4.66. The van der Waals surface area contributed by atoms with E-state index >= 15 is 0 Å². The second-order valence-corrected chi connectivity index (χ2v) is 7.56. The van der Waals surface area contributed by atoms with Gasteiger partial charge >= 0.3 is 5.97 Å². The summed E-state index contributed by atoms with van der Waals surface area (Å²) >= 11 is 6.12. The molecule has 0 aliphatic heterocycles. The van der Waals surface area contributed by atoms with E-state index < -0.39 is 5.97 Å². The van der Waals surface area contributed by atoms with E-state index in [9.17, 15) is 14.7 Å². The highest BCUT2D eigenvalue weighted by molar-refractivity contribution is 6.32. The summed E-state index contributed by atoms with van der Waals surface area (Å²) in [5.41, 5.74) is 1.70. The van der Waals surface area contributed by atoms with E-state index in [1.165, 1.54) is 18.2 Å². The van der Waals surface area contributed by atoms with Crippen molar-refractivity contribution in [1.82, 2.24) is 4.90 Å². The molecule has 0 saturated carbocycles. The van der Waals surface area contributed by atoms with Crippen molar-refractivity contribution in [3.05, 3.63) is 88.4 Å². The number of ether oxygens (including phenoxy) is 3. The molecule has 0 aliphatic rings. The Morgan fingerprint density at radius 1 is 0.848 bits per heavy atom. The standard InChI is InChI=1S/C25H24ClNO6/c1-31-19-10-6-17(7-11-19)14-27(15-18-8-12-20(32-2)13-9-18)23(28)16-33-24-21(25(29)30)4-3-5-22(24)26/h3-13H,14-16H2,1-2H3,(H,29,30). The number of carbonyl (C=O) groups is 2. The average Bonchev–Trinajstić information content (AvgIpc) is 2.83. The number of hydrogen-bond acceptors (Lipinski definition) is 5. The molecule has 0 aromatic heterocycles. The summed E-state index contributed by atoms with van der Waals surface area (Å²) in [6.07, 6.45) is 0. The third-order valence-electron chi connectivity index (χ3n) is 4.96. The number of methoxy groups -OCH3 is 2. The van der Waals surface area contributed by atoms with Gasteiger partial charge in [0.15, 0.2) is 12.4 Å². The lowest BCUT2D eigenvalue weighted by molar-refractivity contribution is -0.134. The molecule has 0 saturated heterocycles. The molecule has 1 amide bonds. The molecule has 7 nitrogen and oxygen atoms in total. The summed E-state index contributed by atoms with van der Waals surface area (Å²) in [5.74, 6) is -0.106. The van der Waals surface area contributed by atoms with Crippen molar-refractivity contribution in [2.75, 3.05) is 20.8 Å². The fourth-order valence-electron chi connectivity index (χ4n) is 3.18. The summed E-state index contributed by atoms with van der Waals surface area (Å²) in [6, 6.07) is 19.2. The molecule has 3 aromatic rings. The van der Waals surface area contributed by atoms with Crippen LogP contribution in [0.5, 0.6) is 17.2 Å². The van der Waals surface area contributed by atoms with Gasteiger partial charge in [-0.3, -0.25) is 4.79 Å². The molecule has 0 spiro atoms. The molecule has 0 radical (unpaired) electrons. The predicted molar refractivity (Wildman–Crippen MR) is 124 cm³/mol. The van der Waals surface area contributed by atoms with Crippen LogP contribution >= 0.6 is 11.6 Å². The van der Waals surface area contributed by atoms with Crippen LogP contribution in [0.2, 0.25) is 5.02 Å². The molecular formula is C25H24ClNO6. The van der Waals surface area contributed by atoms with E-state index in [0.717, 1.165) is 22.6 Å². The number of halogens is 1. The van der Waals surface area contributed by atoms with Crippen LogP contribution in [-0.4, -0.2) is 42.7 Å². The summed E-state index contributed by atoms with van der Waals surface area (Å²) in [7, 11) is 3.18. The van der Waals surface area contributed by atoms with Gasteiger partial charge in [-0.05, 0) is 47.5 Å². The number of carboxylic acid groups (broad SMARTS) is 1. The quantitative estimate of drug-likeness (QED) is 0.464.